The third-order valence-electron chi connectivity index (χ3n) is 3.04. The molecule has 0 saturated carbocycles. The van der Waals surface area contributed by atoms with Crippen molar-refractivity contribution >= 4 is 11.5 Å². The zero-order chi connectivity index (χ0) is 13.8. The highest BCUT2D eigenvalue weighted by Gasteiger charge is 2.12. The molecule has 0 aliphatic heterocycles. The van der Waals surface area contributed by atoms with Gasteiger partial charge in [0.25, 0.3) is 0 Å². The summed E-state index contributed by atoms with van der Waals surface area (Å²) < 4.78 is 4.39. The molecule has 1 aromatic heterocycles. The largest absolute Gasteiger partial charge is 0.327 e. The third kappa shape index (κ3) is 4.09. The van der Waals surface area contributed by atoms with E-state index in [1.54, 1.807) is 0 Å². The Kier molecular flexibility index (Phi) is 4.63. The molecule has 0 bridgehead atoms. The highest BCUT2D eigenvalue weighted by atomic mass is 32.1. The van der Waals surface area contributed by atoms with Gasteiger partial charge in [-0.15, -0.1) is 0 Å². The number of nitrogens with two attached hydrogens (primary N) is 2. The number of hydrogen-bond donors (Lipinski definition) is 2. The molecule has 4 N–H and O–H groups in total. The van der Waals surface area contributed by atoms with Gasteiger partial charge in [-0.2, -0.15) is 4.37 Å². The lowest BCUT2D eigenvalue weighted by atomic mass is 10.1. The van der Waals surface area contributed by atoms with E-state index < -0.39 is 0 Å². The predicted octanol–water partition coefficient (Wildman–Crippen LogP) is 1.65. The molecule has 1 aromatic carbocycles. The lowest BCUT2D eigenvalue weighted by Gasteiger charge is -2.12. The molecule has 2 atom stereocenters. The summed E-state index contributed by atoms with van der Waals surface area (Å²) in [6.07, 6.45) is 1.47. The molecule has 0 fully saturated rings. The Morgan fingerprint density at radius 2 is 2.11 bits per heavy atom. The van der Waals surface area contributed by atoms with Crippen LogP contribution in [0.4, 0.5) is 0 Å². The van der Waals surface area contributed by atoms with Gasteiger partial charge in [0.1, 0.15) is 10.8 Å². The molecular formula is C14H20N4S. The molecule has 0 amide bonds. The molecule has 2 aromatic rings. The summed E-state index contributed by atoms with van der Waals surface area (Å²) in [5.74, 6) is 0.863. The Balaban J connectivity index is 2.01. The number of nitrogens with zero attached hydrogens (tertiary/aromatic N) is 2. The van der Waals surface area contributed by atoms with E-state index in [0.29, 0.717) is 6.42 Å². The van der Waals surface area contributed by atoms with Crippen LogP contribution in [-0.2, 0) is 12.8 Å². The number of rotatable bonds is 5. The summed E-state index contributed by atoms with van der Waals surface area (Å²) in [6.45, 7) is 4.00. The Hall–Kier alpha value is -1.30. The molecule has 5 heteroatoms. The van der Waals surface area contributed by atoms with Crippen molar-refractivity contribution in [2.45, 2.75) is 38.8 Å². The van der Waals surface area contributed by atoms with Crippen LogP contribution in [0.1, 0.15) is 28.9 Å². The molecule has 0 spiro atoms. The van der Waals surface area contributed by atoms with E-state index in [-0.39, 0.29) is 12.1 Å². The average Bonchev–Trinajstić information content (AvgIpc) is 2.76. The highest BCUT2D eigenvalue weighted by Crippen LogP contribution is 2.13. The normalized spacial score (nSPS) is 14.3. The van der Waals surface area contributed by atoms with Crippen LogP contribution in [0.25, 0.3) is 0 Å². The molecule has 0 aliphatic rings. The second-order valence-electron chi connectivity index (χ2n) is 5.00. The van der Waals surface area contributed by atoms with Crippen molar-refractivity contribution in [3.05, 3.63) is 46.2 Å². The maximum Gasteiger partial charge on any atom is 0.146 e. The zero-order valence-corrected chi connectivity index (χ0v) is 12.2. The van der Waals surface area contributed by atoms with Crippen LogP contribution in [-0.4, -0.2) is 21.4 Å². The van der Waals surface area contributed by atoms with Gasteiger partial charge in [-0.05, 0) is 30.9 Å². The Morgan fingerprint density at radius 3 is 2.79 bits per heavy atom. The lowest BCUT2D eigenvalue weighted by molar-refractivity contribution is 0.556. The second kappa shape index (κ2) is 6.23. The van der Waals surface area contributed by atoms with Crippen LogP contribution in [0, 0.1) is 6.92 Å². The first-order chi connectivity index (χ1) is 9.04. The van der Waals surface area contributed by atoms with Crippen LogP contribution in [0.5, 0.6) is 0 Å². The zero-order valence-electron chi connectivity index (χ0n) is 11.3. The van der Waals surface area contributed by atoms with Crippen molar-refractivity contribution in [2.75, 3.05) is 0 Å². The molecule has 2 rings (SSSR count). The van der Waals surface area contributed by atoms with Gasteiger partial charge in [0, 0.05) is 24.9 Å². The lowest BCUT2D eigenvalue weighted by Crippen LogP contribution is -2.40. The molecule has 2 unspecified atom stereocenters. The minimum Gasteiger partial charge on any atom is -0.327 e. The summed E-state index contributed by atoms with van der Waals surface area (Å²) in [5.41, 5.74) is 14.2. The minimum atomic E-state index is -0.0558. The summed E-state index contributed by atoms with van der Waals surface area (Å²) in [7, 11) is 0. The van der Waals surface area contributed by atoms with Crippen molar-refractivity contribution in [2.24, 2.45) is 11.5 Å². The number of aromatic nitrogens is 2. The smallest absolute Gasteiger partial charge is 0.146 e. The quantitative estimate of drug-likeness (QED) is 0.870. The van der Waals surface area contributed by atoms with Gasteiger partial charge in [-0.3, -0.25) is 0 Å². The van der Waals surface area contributed by atoms with Crippen molar-refractivity contribution in [3.8, 4) is 0 Å². The fraction of sp³-hybridized carbons (Fsp3) is 0.429. The highest BCUT2D eigenvalue weighted by molar-refractivity contribution is 7.05. The van der Waals surface area contributed by atoms with E-state index >= 15 is 0 Å². The molecular weight excluding hydrogens is 256 g/mol. The molecule has 102 valence electrons. The first-order valence-corrected chi connectivity index (χ1v) is 7.20. The number of benzene rings is 1. The van der Waals surface area contributed by atoms with Gasteiger partial charge in [0.05, 0.1) is 0 Å². The SMILES string of the molecule is Cc1cccc(Cc2nsc(CC(N)C(C)N)n2)c1. The van der Waals surface area contributed by atoms with E-state index in [1.807, 2.05) is 6.92 Å². The minimum absolute atomic E-state index is 0.0240. The molecule has 4 nitrogen and oxygen atoms in total. The summed E-state index contributed by atoms with van der Waals surface area (Å²) in [5, 5.41) is 0.965. The van der Waals surface area contributed by atoms with E-state index in [9.17, 15) is 0 Å². The predicted molar refractivity (Wildman–Crippen MR) is 79.2 cm³/mol. The molecule has 0 radical (unpaired) electrons. The average molecular weight is 276 g/mol. The Labute approximate surface area is 118 Å². The fourth-order valence-electron chi connectivity index (χ4n) is 1.84. The summed E-state index contributed by atoms with van der Waals surface area (Å²) in [6, 6.07) is 8.33. The molecule has 0 saturated heterocycles. The Bertz CT molecular complexity index is 536. The maximum absolute atomic E-state index is 5.94. The van der Waals surface area contributed by atoms with Crippen LogP contribution < -0.4 is 11.5 Å². The van der Waals surface area contributed by atoms with Gasteiger partial charge >= 0.3 is 0 Å². The van der Waals surface area contributed by atoms with Crippen LogP contribution in [0.2, 0.25) is 0 Å². The van der Waals surface area contributed by atoms with E-state index in [2.05, 4.69) is 40.5 Å². The van der Waals surface area contributed by atoms with Gasteiger partial charge in [0.15, 0.2) is 0 Å². The number of hydrogen-bond acceptors (Lipinski definition) is 5. The van der Waals surface area contributed by atoms with E-state index in [4.69, 9.17) is 11.5 Å². The molecule has 1 heterocycles. The van der Waals surface area contributed by atoms with Gasteiger partial charge in [-0.25, -0.2) is 4.98 Å². The van der Waals surface area contributed by atoms with E-state index in [0.717, 1.165) is 17.3 Å². The maximum atomic E-state index is 5.94. The van der Waals surface area contributed by atoms with Crippen LogP contribution in [0.15, 0.2) is 24.3 Å². The fourth-order valence-corrected chi connectivity index (χ4v) is 2.57. The topological polar surface area (TPSA) is 77.8 Å². The van der Waals surface area contributed by atoms with Crippen LogP contribution in [0.3, 0.4) is 0 Å². The summed E-state index contributed by atoms with van der Waals surface area (Å²) in [4.78, 5) is 4.53. The van der Waals surface area contributed by atoms with E-state index in [1.165, 1.54) is 22.7 Å². The van der Waals surface area contributed by atoms with Crippen molar-refractivity contribution in [1.82, 2.24) is 9.36 Å². The van der Waals surface area contributed by atoms with Crippen molar-refractivity contribution in [3.63, 3.8) is 0 Å². The van der Waals surface area contributed by atoms with Crippen molar-refractivity contribution < 1.29 is 0 Å². The third-order valence-corrected chi connectivity index (χ3v) is 3.81. The van der Waals surface area contributed by atoms with Gasteiger partial charge in [-0.1, -0.05) is 29.8 Å². The monoisotopic (exact) mass is 276 g/mol. The van der Waals surface area contributed by atoms with Crippen LogP contribution >= 0.6 is 11.5 Å². The van der Waals surface area contributed by atoms with Crippen molar-refractivity contribution in [1.29, 1.82) is 0 Å². The number of aryl methyl sites for hydroxylation is 1. The standard InChI is InChI=1S/C14H20N4S/c1-9-4-3-5-11(6-9)7-13-17-14(19-18-13)8-12(16)10(2)15/h3-6,10,12H,7-8,15-16H2,1-2H3. The summed E-state index contributed by atoms with van der Waals surface area (Å²) >= 11 is 1.42. The first kappa shape index (κ1) is 14.1. The van der Waals surface area contributed by atoms with Gasteiger partial charge in [0.2, 0.25) is 0 Å². The second-order valence-corrected chi connectivity index (χ2v) is 5.83. The molecule has 0 aliphatic carbocycles. The first-order valence-electron chi connectivity index (χ1n) is 6.43. The van der Waals surface area contributed by atoms with Gasteiger partial charge < -0.3 is 11.5 Å². The molecule has 19 heavy (non-hydrogen) atoms. The Morgan fingerprint density at radius 1 is 1.32 bits per heavy atom.